The average Bonchev–Trinajstić information content (AvgIpc) is 3.00. The van der Waals surface area contributed by atoms with Gasteiger partial charge in [0.1, 0.15) is 29.1 Å². The summed E-state index contributed by atoms with van der Waals surface area (Å²) in [6.45, 7) is 2.90. The maximum absolute atomic E-state index is 12.2. The number of nitrogens with zero attached hydrogens (tertiary/aromatic N) is 3. The fourth-order valence-electron chi connectivity index (χ4n) is 3.68. The van der Waals surface area contributed by atoms with E-state index < -0.39 is 5.56 Å². The molecule has 2 aromatic carbocycles. The Morgan fingerprint density at radius 3 is 2.44 bits per heavy atom. The highest BCUT2D eigenvalue weighted by Crippen LogP contribution is 2.35. The van der Waals surface area contributed by atoms with Crippen LogP contribution in [0.2, 0.25) is 0 Å². The van der Waals surface area contributed by atoms with Crippen molar-refractivity contribution in [2.45, 2.75) is 13.5 Å². The Kier molecular flexibility index (Phi) is 3.68. The number of nitrogens with one attached hydrogen (secondary N) is 1. The van der Waals surface area contributed by atoms with E-state index in [4.69, 9.17) is 5.73 Å². The molecule has 0 saturated heterocycles. The molecule has 130 valence electrons. The van der Waals surface area contributed by atoms with Gasteiger partial charge in [-0.15, -0.1) is 0 Å². The number of rotatable bonds is 2. The smallest absolute Gasteiger partial charge is 0.268 e. The van der Waals surface area contributed by atoms with E-state index in [1.807, 2.05) is 48.5 Å². The second-order valence-corrected chi connectivity index (χ2v) is 6.21. The van der Waals surface area contributed by atoms with Crippen LogP contribution in [-0.2, 0) is 6.54 Å². The van der Waals surface area contributed by atoms with Crippen molar-refractivity contribution in [1.82, 2.24) is 9.55 Å². The highest BCUT2D eigenvalue weighted by molar-refractivity contribution is 6.09. The molecule has 0 fully saturated rings. The van der Waals surface area contributed by atoms with Crippen molar-refractivity contribution in [3.63, 3.8) is 0 Å². The van der Waals surface area contributed by atoms with E-state index in [0.29, 0.717) is 5.56 Å². The van der Waals surface area contributed by atoms with Gasteiger partial charge in [-0.1, -0.05) is 24.3 Å². The van der Waals surface area contributed by atoms with E-state index in [1.165, 1.54) is 0 Å². The molecule has 4 aromatic rings. The van der Waals surface area contributed by atoms with Gasteiger partial charge in [0.25, 0.3) is 5.56 Å². The monoisotopic (exact) mass is 353 g/mol. The van der Waals surface area contributed by atoms with E-state index in [2.05, 4.69) is 22.5 Å². The maximum Gasteiger partial charge on any atom is 0.268 e. The summed E-state index contributed by atoms with van der Waals surface area (Å²) in [5.74, 6) is -0.0346. The van der Waals surface area contributed by atoms with Gasteiger partial charge in [-0.2, -0.15) is 10.5 Å². The fourth-order valence-corrected chi connectivity index (χ4v) is 3.68. The summed E-state index contributed by atoms with van der Waals surface area (Å²) in [4.78, 5) is 14.6. The number of anilines is 1. The van der Waals surface area contributed by atoms with Crippen LogP contribution in [0.4, 0.5) is 5.82 Å². The van der Waals surface area contributed by atoms with E-state index in [-0.39, 0.29) is 22.5 Å². The molecular formula is C21H15N5O. The number of para-hydroxylation sites is 1. The van der Waals surface area contributed by atoms with Gasteiger partial charge in [-0.25, -0.2) is 0 Å². The van der Waals surface area contributed by atoms with Crippen LogP contribution < -0.4 is 11.3 Å². The number of aromatic nitrogens is 2. The molecule has 0 atom stereocenters. The quantitative estimate of drug-likeness (QED) is 0.574. The highest BCUT2D eigenvalue weighted by Gasteiger charge is 2.19. The van der Waals surface area contributed by atoms with E-state index in [0.717, 1.165) is 28.4 Å². The normalized spacial score (nSPS) is 10.8. The number of nitrogen functional groups attached to an aromatic ring is 1. The Hall–Kier alpha value is -4.03. The Balaban J connectivity index is 2.14. The number of H-pyrrole nitrogens is 1. The number of nitrogens with two attached hydrogens (primary N) is 1. The summed E-state index contributed by atoms with van der Waals surface area (Å²) in [6.07, 6.45) is 0. The predicted molar refractivity (Wildman–Crippen MR) is 105 cm³/mol. The van der Waals surface area contributed by atoms with Gasteiger partial charge in [0.2, 0.25) is 0 Å². The lowest BCUT2D eigenvalue weighted by Gasteiger charge is -2.09. The van der Waals surface area contributed by atoms with Gasteiger partial charge >= 0.3 is 0 Å². The third-order valence-corrected chi connectivity index (χ3v) is 4.85. The molecule has 6 nitrogen and oxygen atoms in total. The molecule has 4 rings (SSSR count). The minimum atomic E-state index is -0.597. The van der Waals surface area contributed by atoms with E-state index in [1.54, 1.807) is 0 Å². The first-order valence-corrected chi connectivity index (χ1v) is 8.48. The third kappa shape index (κ3) is 2.28. The van der Waals surface area contributed by atoms with Crippen LogP contribution in [0.15, 0.2) is 47.3 Å². The minimum Gasteiger partial charge on any atom is -0.384 e. The summed E-state index contributed by atoms with van der Waals surface area (Å²) in [5.41, 5.74) is 8.28. The third-order valence-electron chi connectivity index (χ3n) is 4.85. The lowest BCUT2D eigenvalue weighted by Crippen LogP contribution is -2.16. The predicted octanol–water partition coefficient (Wildman–Crippen LogP) is 3.50. The number of benzene rings is 2. The van der Waals surface area contributed by atoms with Crippen molar-refractivity contribution < 1.29 is 0 Å². The molecule has 6 heteroatoms. The fraction of sp³-hybridized carbons (Fsp3) is 0.0952. The van der Waals surface area contributed by atoms with Crippen LogP contribution in [0, 0.1) is 22.7 Å². The molecule has 0 saturated carbocycles. The summed E-state index contributed by atoms with van der Waals surface area (Å²) in [6, 6.07) is 17.7. The Morgan fingerprint density at radius 2 is 1.74 bits per heavy atom. The van der Waals surface area contributed by atoms with Crippen molar-refractivity contribution in [2.75, 3.05) is 5.73 Å². The molecule has 0 amide bonds. The molecule has 0 radical (unpaired) electrons. The van der Waals surface area contributed by atoms with Crippen LogP contribution in [0.25, 0.3) is 32.9 Å². The summed E-state index contributed by atoms with van der Waals surface area (Å²) in [7, 11) is 0. The molecule has 0 aliphatic heterocycles. The van der Waals surface area contributed by atoms with Gasteiger partial charge in [0, 0.05) is 33.9 Å². The first kappa shape index (κ1) is 16.4. The zero-order valence-electron chi connectivity index (χ0n) is 14.6. The Labute approximate surface area is 154 Å². The Morgan fingerprint density at radius 1 is 1.04 bits per heavy atom. The van der Waals surface area contributed by atoms with Crippen molar-refractivity contribution in [3.05, 3.63) is 63.9 Å². The molecule has 0 bridgehead atoms. The molecule has 0 unspecified atom stereocenters. The van der Waals surface area contributed by atoms with Gasteiger partial charge in [-0.05, 0) is 30.7 Å². The number of hydrogen-bond donors (Lipinski definition) is 2. The maximum atomic E-state index is 12.2. The second kappa shape index (κ2) is 6.05. The van der Waals surface area contributed by atoms with E-state index >= 15 is 0 Å². The minimum absolute atomic E-state index is 0.0346. The largest absolute Gasteiger partial charge is 0.384 e. The van der Waals surface area contributed by atoms with Crippen LogP contribution >= 0.6 is 0 Å². The first-order valence-electron chi connectivity index (χ1n) is 8.48. The van der Waals surface area contributed by atoms with Gasteiger partial charge < -0.3 is 15.3 Å². The van der Waals surface area contributed by atoms with Gasteiger partial charge in [-0.3, -0.25) is 4.79 Å². The molecule has 0 aliphatic carbocycles. The average molecular weight is 353 g/mol. The number of fused-ring (bicyclic) bond motifs is 3. The first-order chi connectivity index (χ1) is 13.1. The molecular weight excluding hydrogens is 338 g/mol. The number of nitriles is 2. The second-order valence-electron chi connectivity index (χ2n) is 6.21. The van der Waals surface area contributed by atoms with Crippen LogP contribution in [-0.4, -0.2) is 9.55 Å². The zero-order chi connectivity index (χ0) is 19.1. The zero-order valence-corrected chi connectivity index (χ0v) is 14.6. The van der Waals surface area contributed by atoms with Crippen molar-refractivity contribution in [2.24, 2.45) is 0 Å². The van der Waals surface area contributed by atoms with Crippen molar-refractivity contribution >= 4 is 27.6 Å². The van der Waals surface area contributed by atoms with Gasteiger partial charge in [0.15, 0.2) is 0 Å². The molecule has 2 aromatic heterocycles. The number of aryl methyl sites for hydroxylation is 1. The molecule has 0 spiro atoms. The number of hydrogen-bond acceptors (Lipinski definition) is 4. The van der Waals surface area contributed by atoms with Crippen LogP contribution in [0.5, 0.6) is 0 Å². The number of aromatic amines is 1. The number of pyridine rings is 1. The SMILES string of the molecule is CCn1c2ccccc2c2cc(-c3c(C#N)c(N)[nH]c(=O)c3C#N)ccc21. The van der Waals surface area contributed by atoms with E-state index in [9.17, 15) is 15.3 Å². The lowest BCUT2D eigenvalue weighted by molar-refractivity contribution is 0.827. The standard InChI is InChI=1S/C21H15N5O/c1-2-26-17-6-4-3-5-13(17)14-9-12(7-8-18(14)26)19-15(10-22)20(24)25-21(27)16(19)11-23/h3-9H,2H2,1H3,(H3,24,25,27). The molecule has 3 N–H and O–H groups in total. The van der Waals surface area contributed by atoms with Crippen molar-refractivity contribution in [3.8, 4) is 23.3 Å². The summed E-state index contributed by atoms with van der Waals surface area (Å²) < 4.78 is 2.21. The molecule has 2 heterocycles. The Bertz CT molecular complexity index is 1360. The van der Waals surface area contributed by atoms with Crippen molar-refractivity contribution in [1.29, 1.82) is 10.5 Å². The summed E-state index contributed by atoms with van der Waals surface area (Å²) >= 11 is 0. The summed E-state index contributed by atoms with van der Waals surface area (Å²) in [5, 5.41) is 21.1. The molecule has 27 heavy (non-hydrogen) atoms. The van der Waals surface area contributed by atoms with Crippen LogP contribution in [0.1, 0.15) is 18.1 Å². The topological polar surface area (TPSA) is 111 Å². The van der Waals surface area contributed by atoms with Gasteiger partial charge in [0.05, 0.1) is 0 Å². The van der Waals surface area contributed by atoms with Crippen LogP contribution in [0.3, 0.4) is 0 Å². The molecule has 0 aliphatic rings. The lowest BCUT2D eigenvalue weighted by atomic mass is 9.95. The highest BCUT2D eigenvalue weighted by atomic mass is 16.1.